The molecule has 0 bridgehead atoms. The lowest BCUT2D eigenvalue weighted by molar-refractivity contribution is 0.240. The second-order valence-electron chi connectivity index (χ2n) is 4.13. The van der Waals surface area contributed by atoms with E-state index < -0.39 is 6.03 Å². The molecule has 20 heavy (non-hydrogen) atoms. The zero-order valence-electron chi connectivity index (χ0n) is 10.7. The molecule has 0 fully saturated rings. The van der Waals surface area contributed by atoms with E-state index in [1.54, 1.807) is 19.1 Å². The lowest BCUT2D eigenvalue weighted by Crippen LogP contribution is -2.35. The molecule has 0 atom stereocenters. The van der Waals surface area contributed by atoms with Crippen LogP contribution in [0.1, 0.15) is 17.0 Å². The Hall–Kier alpha value is -1.89. The van der Waals surface area contributed by atoms with Gasteiger partial charge < -0.3 is 15.1 Å². The summed E-state index contributed by atoms with van der Waals surface area (Å²) in [5, 5.41) is 5.20. The third kappa shape index (κ3) is 3.80. The lowest BCUT2D eigenvalue weighted by Gasteiger charge is -2.08. The largest absolute Gasteiger partial charge is 0.448 e. The van der Waals surface area contributed by atoms with Gasteiger partial charge in [-0.3, -0.25) is 0 Å². The van der Waals surface area contributed by atoms with Crippen LogP contribution in [0.15, 0.2) is 33.5 Å². The summed E-state index contributed by atoms with van der Waals surface area (Å²) >= 11 is 3.17. The van der Waals surface area contributed by atoms with E-state index >= 15 is 0 Å². The van der Waals surface area contributed by atoms with Crippen LogP contribution in [-0.4, -0.2) is 11.0 Å². The summed E-state index contributed by atoms with van der Waals surface area (Å²) in [6.45, 7) is 2.14. The normalized spacial score (nSPS) is 10.3. The first-order chi connectivity index (χ1) is 9.56. The Balaban J connectivity index is 1.82. The highest BCUT2D eigenvalue weighted by Crippen LogP contribution is 2.14. The lowest BCUT2D eigenvalue weighted by atomic mass is 10.2. The third-order valence-corrected chi connectivity index (χ3v) is 3.21. The van der Waals surface area contributed by atoms with E-state index in [2.05, 4.69) is 31.5 Å². The Labute approximate surface area is 123 Å². The van der Waals surface area contributed by atoms with Gasteiger partial charge in [-0.2, -0.15) is 0 Å². The van der Waals surface area contributed by atoms with Crippen LogP contribution in [0, 0.1) is 12.7 Å². The van der Waals surface area contributed by atoms with Crippen molar-refractivity contribution in [1.82, 2.24) is 15.6 Å². The smallest absolute Gasteiger partial charge is 0.315 e. The van der Waals surface area contributed by atoms with Crippen molar-refractivity contribution in [3.8, 4) is 0 Å². The fourth-order valence-electron chi connectivity index (χ4n) is 1.57. The van der Waals surface area contributed by atoms with Crippen LogP contribution in [-0.2, 0) is 13.1 Å². The second kappa shape index (κ2) is 6.51. The molecule has 0 saturated carbocycles. The Bertz CT molecular complexity index is 615. The number of amides is 2. The van der Waals surface area contributed by atoms with Crippen molar-refractivity contribution in [1.29, 1.82) is 0 Å². The van der Waals surface area contributed by atoms with E-state index in [0.717, 1.165) is 0 Å². The summed E-state index contributed by atoms with van der Waals surface area (Å²) in [6.07, 6.45) is 1.32. The number of aromatic nitrogens is 1. The van der Waals surface area contributed by atoms with E-state index in [-0.39, 0.29) is 18.9 Å². The van der Waals surface area contributed by atoms with Gasteiger partial charge in [-0.15, -0.1) is 0 Å². The molecule has 1 aromatic heterocycles. The van der Waals surface area contributed by atoms with Gasteiger partial charge in [-0.1, -0.05) is 22.0 Å². The number of hydrogen-bond donors (Lipinski definition) is 2. The molecule has 0 unspecified atom stereocenters. The Morgan fingerprint density at radius 3 is 2.80 bits per heavy atom. The Morgan fingerprint density at radius 2 is 2.15 bits per heavy atom. The van der Waals surface area contributed by atoms with Crippen LogP contribution < -0.4 is 10.6 Å². The maximum atomic E-state index is 13.5. The molecule has 0 aliphatic heterocycles. The minimum Gasteiger partial charge on any atom is -0.448 e. The Morgan fingerprint density at radius 1 is 1.40 bits per heavy atom. The molecule has 106 valence electrons. The van der Waals surface area contributed by atoms with E-state index in [1.807, 2.05) is 0 Å². The van der Waals surface area contributed by atoms with Crippen LogP contribution >= 0.6 is 15.9 Å². The number of rotatable bonds is 4. The van der Waals surface area contributed by atoms with Crippen LogP contribution in [0.4, 0.5) is 9.18 Å². The average molecular weight is 342 g/mol. The number of carbonyl (C=O) groups excluding carboxylic acids is 1. The molecule has 0 aliphatic rings. The molecule has 0 saturated heterocycles. The van der Waals surface area contributed by atoms with Gasteiger partial charge in [0.25, 0.3) is 0 Å². The predicted molar refractivity (Wildman–Crippen MR) is 74.4 cm³/mol. The number of oxazole rings is 1. The van der Waals surface area contributed by atoms with Crippen LogP contribution in [0.2, 0.25) is 0 Å². The van der Waals surface area contributed by atoms with Crippen LogP contribution in [0.25, 0.3) is 0 Å². The monoisotopic (exact) mass is 341 g/mol. The van der Waals surface area contributed by atoms with Gasteiger partial charge in [-0.05, 0) is 19.1 Å². The first-order valence-electron chi connectivity index (χ1n) is 5.91. The fraction of sp³-hybridized carbons (Fsp3) is 0.231. The van der Waals surface area contributed by atoms with Crippen molar-refractivity contribution >= 4 is 22.0 Å². The summed E-state index contributed by atoms with van der Waals surface area (Å²) in [4.78, 5) is 15.5. The zero-order valence-corrected chi connectivity index (χ0v) is 12.3. The first-order valence-corrected chi connectivity index (χ1v) is 6.70. The van der Waals surface area contributed by atoms with Crippen molar-refractivity contribution in [3.05, 3.63) is 51.9 Å². The average Bonchev–Trinajstić information content (AvgIpc) is 2.81. The molecule has 0 aliphatic carbocycles. The molecule has 2 rings (SSSR count). The van der Waals surface area contributed by atoms with Gasteiger partial charge in [0.05, 0.1) is 6.54 Å². The first kappa shape index (κ1) is 14.5. The maximum Gasteiger partial charge on any atom is 0.315 e. The summed E-state index contributed by atoms with van der Waals surface area (Å²) in [5.41, 5.74) is 1.08. The second-order valence-corrected chi connectivity index (χ2v) is 5.04. The van der Waals surface area contributed by atoms with Gasteiger partial charge in [0.1, 0.15) is 17.3 Å². The minimum absolute atomic E-state index is 0.114. The van der Waals surface area contributed by atoms with Gasteiger partial charge in [0, 0.05) is 16.6 Å². The molecule has 0 radical (unpaired) electrons. The highest BCUT2D eigenvalue weighted by Gasteiger charge is 2.07. The molecular weight excluding hydrogens is 329 g/mol. The molecule has 2 N–H and O–H groups in total. The summed E-state index contributed by atoms with van der Waals surface area (Å²) in [7, 11) is 0. The van der Waals surface area contributed by atoms with E-state index in [1.165, 1.54) is 12.5 Å². The van der Waals surface area contributed by atoms with E-state index in [9.17, 15) is 9.18 Å². The van der Waals surface area contributed by atoms with Gasteiger partial charge in [-0.25, -0.2) is 14.2 Å². The number of hydrogen-bond acceptors (Lipinski definition) is 3. The molecule has 1 heterocycles. The van der Waals surface area contributed by atoms with Crippen molar-refractivity contribution < 1.29 is 13.6 Å². The van der Waals surface area contributed by atoms with Crippen LogP contribution in [0.3, 0.4) is 0 Å². The number of carbonyl (C=O) groups is 1. The summed E-state index contributed by atoms with van der Waals surface area (Å²) < 4.78 is 19.2. The highest BCUT2D eigenvalue weighted by atomic mass is 79.9. The molecule has 2 amide bonds. The Kier molecular flexibility index (Phi) is 4.73. The zero-order chi connectivity index (χ0) is 14.5. The molecule has 5 nitrogen and oxygen atoms in total. The molecule has 0 spiro atoms. The maximum absolute atomic E-state index is 13.5. The van der Waals surface area contributed by atoms with Gasteiger partial charge in [0.2, 0.25) is 0 Å². The quantitative estimate of drug-likeness (QED) is 0.898. The number of nitrogens with one attached hydrogen (secondary N) is 2. The standard InChI is InChI=1S/C13H13BrFN3O2/c1-8-12(18-7-20-8)6-17-13(19)16-5-9-2-3-10(14)4-11(9)15/h2-4,7H,5-6H2,1H3,(H2,16,17,19). The topological polar surface area (TPSA) is 67.2 Å². The number of urea groups is 1. The van der Waals surface area contributed by atoms with Gasteiger partial charge >= 0.3 is 6.03 Å². The summed E-state index contributed by atoms with van der Waals surface area (Å²) in [5.74, 6) is 0.288. The number of nitrogens with zero attached hydrogens (tertiary/aromatic N) is 1. The fourth-order valence-corrected chi connectivity index (χ4v) is 1.90. The highest BCUT2D eigenvalue weighted by molar-refractivity contribution is 9.10. The predicted octanol–water partition coefficient (Wildman–Crippen LogP) is 2.88. The number of benzene rings is 1. The molecule has 2 aromatic rings. The number of halogens is 2. The van der Waals surface area contributed by atoms with E-state index in [4.69, 9.17) is 4.42 Å². The summed E-state index contributed by atoms with van der Waals surface area (Å²) in [6, 6.07) is 4.29. The minimum atomic E-state index is -0.394. The van der Waals surface area contributed by atoms with E-state index in [0.29, 0.717) is 21.5 Å². The van der Waals surface area contributed by atoms with Crippen molar-refractivity contribution in [2.75, 3.05) is 0 Å². The van der Waals surface area contributed by atoms with Crippen LogP contribution in [0.5, 0.6) is 0 Å². The SMILES string of the molecule is Cc1ocnc1CNC(=O)NCc1ccc(Br)cc1F. The third-order valence-electron chi connectivity index (χ3n) is 2.72. The van der Waals surface area contributed by atoms with Crippen molar-refractivity contribution in [3.63, 3.8) is 0 Å². The van der Waals surface area contributed by atoms with Gasteiger partial charge in [0.15, 0.2) is 6.39 Å². The van der Waals surface area contributed by atoms with Crippen molar-refractivity contribution in [2.45, 2.75) is 20.0 Å². The molecule has 7 heteroatoms. The van der Waals surface area contributed by atoms with Crippen molar-refractivity contribution in [2.24, 2.45) is 0 Å². The molecule has 1 aromatic carbocycles. The molecular formula is C13H13BrFN3O2. The number of aryl methyl sites for hydroxylation is 1.